The van der Waals surface area contributed by atoms with Gasteiger partial charge in [0.2, 0.25) is 0 Å². The molecule has 0 aromatic heterocycles. The highest BCUT2D eigenvalue weighted by atomic mass is 16.5. The van der Waals surface area contributed by atoms with Crippen LogP contribution in [0.2, 0.25) is 0 Å². The summed E-state index contributed by atoms with van der Waals surface area (Å²) in [4.78, 5) is -0.0831. The monoisotopic (exact) mass is 283 g/mol. The van der Waals surface area contributed by atoms with Crippen LogP contribution in [-0.2, 0) is 4.74 Å². The zero-order valence-corrected chi connectivity index (χ0v) is 10.9. The summed E-state index contributed by atoms with van der Waals surface area (Å²) in [6, 6.07) is 2.01. The van der Waals surface area contributed by atoms with E-state index >= 15 is 0 Å². The van der Waals surface area contributed by atoms with Gasteiger partial charge in [0, 0.05) is 14.8 Å². The molecule has 2 heteroatoms. The first-order chi connectivity index (χ1) is 15.2. The largest absolute Gasteiger partial charge is 0.367 e. The Balaban J connectivity index is 2.78. The van der Waals surface area contributed by atoms with Gasteiger partial charge < -0.3 is 9.64 Å². The van der Waals surface area contributed by atoms with E-state index in [2.05, 4.69) is 0 Å². The zero-order valence-electron chi connectivity index (χ0n) is 24.9. The summed E-state index contributed by atoms with van der Waals surface area (Å²) in [6.07, 6.45) is -2.77. The second-order valence-corrected chi connectivity index (χ2v) is 3.98. The minimum Gasteiger partial charge on any atom is -0.367 e. The first-order valence-electron chi connectivity index (χ1n) is 12.9. The Hall–Kier alpha value is -1.64. The summed E-state index contributed by atoms with van der Waals surface area (Å²) in [5.74, 6) is 0. The van der Waals surface area contributed by atoms with Crippen molar-refractivity contribution in [1.82, 2.24) is 4.90 Å². The minimum atomic E-state index is -3.24. The van der Waals surface area contributed by atoms with Gasteiger partial charge in [0.05, 0.1) is 17.5 Å². The van der Waals surface area contributed by atoms with Crippen LogP contribution in [0.4, 0.5) is 0 Å². The molecule has 0 aliphatic heterocycles. The Bertz CT molecular complexity index is 1020. The van der Waals surface area contributed by atoms with Crippen molar-refractivity contribution < 1.29 is 23.9 Å². The number of hydrogen-bond acceptors (Lipinski definition) is 2. The van der Waals surface area contributed by atoms with E-state index < -0.39 is 68.9 Å². The van der Waals surface area contributed by atoms with Crippen molar-refractivity contribution in [3.8, 4) is 0 Å². The van der Waals surface area contributed by atoms with Crippen molar-refractivity contribution in [2.75, 3.05) is 27.1 Å². The van der Waals surface area contributed by atoms with Gasteiger partial charge in [-0.05, 0) is 37.6 Å². The summed E-state index contributed by atoms with van der Waals surface area (Å²) in [6.45, 7) is -9.41. The number of likely N-dealkylation sites (N-methyl/N-ethyl adjacent to an activating group) is 1. The van der Waals surface area contributed by atoms with Crippen LogP contribution in [-0.4, -0.2) is 32.0 Å². The molecule has 0 saturated carbocycles. The average Bonchev–Trinajstić information content (AvgIpc) is 2.67. The van der Waals surface area contributed by atoms with Crippen molar-refractivity contribution >= 4 is 0 Å². The lowest BCUT2D eigenvalue weighted by molar-refractivity contribution is 0.0683. The molecule has 2 nitrogen and oxygen atoms in total. The van der Waals surface area contributed by atoms with Crippen LogP contribution in [0.1, 0.15) is 42.0 Å². The van der Waals surface area contributed by atoms with Crippen LogP contribution in [0, 0.1) is 6.92 Å². The smallest absolute Gasteiger partial charge is 0.108 e. The number of rotatable bonds is 6. The maximum Gasteiger partial charge on any atom is 0.108 e. The normalized spacial score (nSPS) is 26.3. The van der Waals surface area contributed by atoms with Gasteiger partial charge in [-0.25, -0.2) is 0 Å². The van der Waals surface area contributed by atoms with Gasteiger partial charge in [-0.1, -0.05) is 54.5 Å². The molecule has 0 amide bonds. The lowest BCUT2D eigenvalue weighted by Crippen LogP contribution is -2.20. The van der Waals surface area contributed by atoms with E-state index in [0.717, 1.165) is 0 Å². The number of ether oxygens (including phenoxy) is 1. The molecule has 1 atom stereocenters. The van der Waals surface area contributed by atoms with Crippen molar-refractivity contribution in [2.45, 2.75) is 13.0 Å². The molecular weight excluding hydrogens is 246 g/mol. The molecular formula is C18H23NO. The quantitative estimate of drug-likeness (QED) is 0.802. The van der Waals surface area contributed by atoms with E-state index in [-0.39, 0.29) is 10.5 Å². The second-order valence-electron chi connectivity index (χ2n) is 3.98. The third-order valence-corrected chi connectivity index (χ3v) is 2.51. The number of nitrogens with zero attached hydrogens (tertiary/aromatic N) is 1. The average molecular weight is 283 g/mol. The molecule has 106 valence electrons. The highest BCUT2D eigenvalue weighted by Crippen LogP contribution is 2.28. The summed E-state index contributed by atoms with van der Waals surface area (Å²) in [7, 11) is 0. The van der Waals surface area contributed by atoms with Crippen molar-refractivity contribution in [3.05, 3.63) is 71.2 Å². The van der Waals surface area contributed by atoms with Crippen LogP contribution in [0.25, 0.3) is 0 Å². The zero-order chi connectivity index (χ0) is 26.4. The number of benzene rings is 2. The number of aryl methyl sites for hydroxylation is 1. The van der Waals surface area contributed by atoms with E-state index in [9.17, 15) is 0 Å². The first kappa shape index (κ1) is 4.97. The molecule has 20 heavy (non-hydrogen) atoms. The van der Waals surface area contributed by atoms with Crippen LogP contribution < -0.4 is 0 Å². The molecule has 2 aromatic rings. The molecule has 1 unspecified atom stereocenters. The molecule has 2 aromatic carbocycles. The topological polar surface area (TPSA) is 12.5 Å². The van der Waals surface area contributed by atoms with E-state index in [0.29, 0.717) is 5.56 Å². The van der Waals surface area contributed by atoms with Crippen molar-refractivity contribution in [3.63, 3.8) is 0 Å². The van der Waals surface area contributed by atoms with Gasteiger partial charge >= 0.3 is 0 Å². The van der Waals surface area contributed by atoms with Gasteiger partial charge in [-0.15, -0.1) is 0 Å². The Morgan fingerprint density at radius 1 is 1.30 bits per heavy atom. The summed E-state index contributed by atoms with van der Waals surface area (Å²) < 4.78 is 116. The summed E-state index contributed by atoms with van der Waals surface area (Å²) in [5, 5.41) is 0. The first-order valence-corrected chi connectivity index (χ1v) is 5.85. The Kier molecular flexibility index (Phi) is 1.80. The van der Waals surface area contributed by atoms with Gasteiger partial charge in [0.15, 0.2) is 0 Å². The van der Waals surface area contributed by atoms with Crippen molar-refractivity contribution in [2.24, 2.45) is 0 Å². The van der Waals surface area contributed by atoms with Gasteiger partial charge in [0.1, 0.15) is 6.08 Å². The Morgan fingerprint density at radius 3 is 2.75 bits per heavy atom. The highest BCUT2D eigenvalue weighted by Gasteiger charge is 2.16. The minimum absolute atomic E-state index is 0.0771. The van der Waals surface area contributed by atoms with Gasteiger partial charge in [-0.3, -0.25) is 0 Å². The van der Waals surface area contributed by atoms with Crippen LogP contribution in [0.15, 0.2) is 54.5 Å². The molecule has 0 spiro atoms. The second kappa shape index (κ2) is 7.22. The molecule has 0 heterocycles. The highest BCUT2D eigenvalue weighted by molar-refractivity contribution is 5.35. The number of hydrogen-bond donors (Lipinski definition) is 0. The summed E-state index contributed by atoms with van der Waals surface area (Å²) in [5.41, 5.74) is -0.429. The lowest BCUT2D eigenvalue weighted by atomic mass is 9.97. The third kappa shape index (κ3) is 3.92. The van der Waals surface area contributed by atoms with E-state index in [1.165, 1.54) is 25.1 Å². The summed E-state index contributed by atoms with van der Waals surface area (Å²) >= 11 is 0. The molecule has 0 saturated heterocycles. The molecule has 0 N–H and O–H groups in total. The lowest BCUT2D eigenvalue weighted by Gasteiger charge is -2.22. The standard InChI is InChI=1S/C18H23NO/c1-15-9-7-8-12-17(15)18(20-14-13-19(2)3)16-10-5-4-6-11-16/h4-12,18H,13-14H2,1-3H3/i2D3,3D3,4D,5D,6D,10D,11D,14D2,18D. The molecule has 0 bridgehead atoms. The predicted octanol–water partition coefficient (Wildman–Crippen LogP) is 3.66. The van der Waals surface area contributed by atoms with E-state index in [1.54, 1.807) is 6.07 Å². The maximum absolute atomic E-state index is 9.07. The van der Waals surface area contributed by atoms with E-state index in [1.807, 2.05) is 0 Å². The molecule has 2 rings (SSSR count). The fourth-order valence-corrected chi connectivity index (χ4v) is 1.60. The van der Waals surface area contributed by atoms with Crippen LogP contribution in [0.3, 0.4) is 0 Å². The molecule has 0 aliphatic rings. The predicted molar refractivity (Wildman–Crippen MR) is 84.0 cm³/mol. The maximum atomic E-state index is 9.07. The van der Waals surface area contributed by atoms with Crippen LogP contribution >= 0.6 is 0 Å². The van der Waals surface area contributed by atoms with Crippen molar-refractivity contribution in [1.29, 1.82) is 0 Å². The third-order valence-electron chi connectivity index (χ3n) is 2.51. The Morgan fingerprint density at radius 2 is 2.05 bits per heavy atom. The van der Waals surface area contributed by atoms with Crippen LogP contribution in [0.5, 0.6) is 0 Å². The van der Waals surface area contributed by atoms with E-state index in [4.69, 9.17) is 23.9 Å². The fraction of sp³-hybridized carbons (Fsp3) is 0.333. The Labute approximate surface area is 141 Å². The SMILES string of the molecule is [2H]c1c([2H])c([2H])c(C([2H])(OC([2H])([2H])CN(C([2H])([2H])[2H])C([2H])([2H])[2H])c2ccccc2C)c([2H])c1[2H]. The molecule has 0 radical (unpaired) electrons. The molecule has 0 fully saturated rings. The van der Waals surface area contributed by atoms with Gasteiger partial charge in [0.25, 0.3) is 0 Å². The molecule has 0 aliphatic carbocycles. The van der Waals surface area contributed by atoms with Gasteiger partial charge in [-0.2, -0.15) is 0 Å². The fourth-order valence-electron chi connectivity index (χ4n) is 1.60.